The van der Waals surface area contributed by atoms with Crippen LogP contribution in [-0.4, -0.2) is 41.1 Å². The van der Waals surface area contributed by atoms with Gasteiger partial charge in [-0.15, -0.1) is 0 Å². The maximum absolute atomic E-state index is 2.78. The van der Waals surface area contributed by atoms with Crippen molar-refractivity contribution in [3.8, 4) is 0 Å². The first kappa shape index (κ1) is 18.9. The number of fused-ring (bicyclic) bond motifs is 3. The van der Waals surface area contributed by atoms with Crippen LogP contribution in [0, 0.1) is 61.2 Å². The van der Waals surface area contributed by atoms with Crippen molar-refractivity contribution < 1.29 is 17.1 Å². The van der Waals surface area contributed by atoms with E-state index in [1.165, 1.54) is 42.7 Å². The Balaban J connectivity index is 0.000000226. The molecule has 10 radical (unpaired) electrons. The van der Waals surface area contributed by atoms with Crippen molar-refractivity contribution in [3.05, 3.63) is 61.2 Å². The molecule has 0 bridgehead atoms. The van der Waals surface area contributed by atoms with Crippen molar-refractivity contribution in [1.29, 1.82) is 0 Å². The van der Waals surface area contributed by atoms with Crippen LogP contribution < -0.4 is 0 Å². The van der Waals surface area contributed by atoms with Crippen LogP contribution in [0.1, 0.15) is 25.7 Å². The third-order valence-corrected chi connectivity index (χ3v) is 6.37. The fourth-order valence-corrected chi connectivity index (χ4v) is 5.22. The van der Waals surface area contributed by atoms with Crippen molar-refractivity contribution in [3.63, 3.8) is 0 Å². The van der Waals surface area contributed by atoms with E-state index in [4.69, 9.17) is 0 Å². The standard InChI is InChI=1S/C14H18IN2.C5H5.Fe/c15-11-5-1-4-10(11)14-16-8-2-6-12(16)13-7-3-9-17(13)14;1-2-4-5-3-1;/h1,4-5,12-14H,2-3,6-9H2;1-5H;/q;;+2/t12-,13-;;/m1../s1. The molecule has 2 atom stereocenters. The molecule has 0 aromatic carbocycles. The predicted molar refractivity (Wildman–Crippen MR) is 98.2 cm³/mol. The molecule has 2 nitrogen and oxygen atoms in total. The molecule has 5 aliphatic rings. The molecule has 3 saturated heterocycles. The summed E-state index contributed by atoms with van der Waals surface area (Å²) in [6.07, 6.45) is 23.1. The Labute approximate surface area is 167 Å². The molecular weight excluding hydrogens is 439 g/mol. The Kier molecular flexibility index (Phi) is 7.17. The van der Waals surface area contributed by atoms with Crippen LogP contribution in [0.15, 0.2) is 0 Å². The van der Waals surface area contributed by atoms with Crippen molar-refractivity contribution in [2.75, 3.05) is 13.1 Å². The van der Waals surface area contributed by atoms with Crippen molar-refractivity contribution >= 4 is 22.6 Å². The van der Waals surface area contributed by atoms with Crippen LogP contribution >= 0.6 is 22.6 Å². The fraction of sp³-hybridized carbons (Fsp3) is 0.474. The number of hydrogen-bond acceptors (Lipinski definition) is 2. The first-order valence-corrected chi connectivity index (χ1v) is 9.53. The van der Waals surface area contributed by atoms with E-state index >= 15 is 0 Å². The topological polar surface area (TPSA) is 6.48 Å². The largest absolute Gasteiger partial charge is 2.00 e. The van der Waals surface area contributed by atoms with Crippen molar-refractivity contribution in [1.82, 2.24) is 9.80 Å². The van der Waals surface area contributed by atoms with E-state index in [2.05, 4.69) is 51.7 Å². The summed E-state index contributed by atoms with van der Waals surface area (Å²) in [6, 6.07) is 1.71. The van der Waals surface area contributed by atoms with Gasteiger partial charge in [-0.3, -0.25) is 9.80 Å². The molecule has 122 valence electrons. The van der Waals surface area contributed by atoms with Gasteiger partial charge >= 0.3 is 17.1 Å². The summed E-state index contributed by atoms with van der Waals surface area (Å²) in [5, 5.41) is 0. The van der Waals surface area contributed by atoms with Crippen LogP contribution in [0.4, 0.5) is 0 Å². The molecule has 2 aliphatic carbocycles. The number of nitrogens with zero attached hydrogens (tertiary/aromatic N) is 2. The van der Waals surface area contributed by atoms with E-state index < -0.39 is 0 Å². The molecule has 0 unspecified atom stereocenters. The van der Waals surface area contributed by atoms with Crippen LogP contribution in [-0.2, 0) is 17.1 Å². The van der Waals surface area contributed by atoms with Gasteiger partial charge in [0.15, 0.2) is 0 Å². The van der Waals surface area contributed by atoms with E-state index in [9.17, 15) is 0 Å². The van der Waals surface area contributed by atoms with Gasteiger partial charge in [-0.2, -0.15) is 0 Å². The SMILES string of the molecule is I[C]1[CH][CH][CH][C]1C1N2CCC[C@@H]2[C@H]2CCCN12.[CH]1[CH][CH][CH][CH]1.[Fe+2]. The molecule has 0 spiro atoms. The summed E-state index contributed by atoms with van der Waals surface area (Å²) in [5.74, 6) is 1.56. The molecule has 3 aliphatic heterocycles. The van der Waals surface area contributed by atoms with Gasteiger partial charge in [0.05, 0.1) is 10.1 Å². The maximum Gasteiger partial charge on any atom is 2.00 e. The zero-order valence-electron chi connectivity index (χ0n) is 13.2. The summed E-state index contributed by atoms with van der Waals surface area (Å²) >= 11 is 2.50. The number of hydrogen-bond donors (Lipinski definition) is 0. The number of halogens is 1. The van der Waals surface area contributed by atoms with Gasteiger partial charge in [0.2, 0.25) is 0 Å². The van der Waals surface area contributed by atoms with Gasteiger partial charge < -0.3 is 0 Å². The van der Waals surface area contributed by atoms with Gasteiger partial charge in [0, 0.05) is 31.1 Å². The molecule has 4 heteroatoms. The first-order chi connectivity index (χ1) is 10.9. The van der Waals surface area contributed by atoms with E-state index in [0.29, 0.717) is 6.17 Å². The summed E-state index contributed by atoms with van der Waals surface area (Å²) in [7, 11) is 0. The minimum absolute atomic E-state index is 0. The van der Waals surface area contributed by atoms with Gasteiger partial charge in [0.1, 0.15) is 0 Å². The molecule has 5 rings (SSSR count). The average Bonchev–Trinajstić information content (AvgIpc) is 3.31. The Morgan fingerprint density at radius 2 is 1.30 bits per heavy atom. The van der Waals surface area contributed by atoms with Crippen molar-refractivity contribution in [2.45, 2.75) is 43.9 Å². The predicted octanol–water partition coefficient (Wildman–Crippen LogP) is 3.44. The molecule has 5 fully saturated rings. The second-order valence-electron chi connectivity index (χ2n) is 6.56. The molecule has 0 N–H and O–H groups in total. The third kappa shape index (κ3) is 3.82. The summed E-state index contributed by atoms with van der Waals surface area (Å²) < 4.78 is 1.45. The molecule has 0 amide bonds. The quantitative estimate of drug-likeness (QED) is 0.436. The normalized spacial score (nSPS) is 35.9. The zero-order valence-corrected chi connectivity index (χ0v) is 16.5. The average molecular weight is 462 g/mol. The molecule has 0 aromatic rings. The zero-order chi connectivity index (χ0) is 14.9. The van der Waals surface area contributed by atoms with Crippen LogP contribution in [0.25, 0.3) is 0 Å². The van der Waals surface area contributed by atoms with Crippen LogP contribution in [0.5, 0.6) is 0 Å². The molecule has 0 aromatic heterocycles. The molecule has 23 heavy (non-hydrogen) atoms. The van der Waals surface area contributed by atoms with Crippen molar-refractivity contribution in [2.24, 2.45) is 0 Å². The smallest absolute Gasteiger partial charge is 0.283 e. The second-order valence-corrected chi connectivity index (χ2v) is 7.72. The van der Waals surface area contributed by atoms with Gasteiger partial charge in [-0.05, 0) is 77.0 Å². The first-order valence-electron chi connectivity index (χ1n) is 8.45. The fourth-order valence-electron chi connectivity index (χ4n) is 4.55. The van der Waals surface area contributed by atoms with Crippen LogP contribution in [0.2, 0.25) is 0 Å². The second kappa shape index (κ2) is 8.70. The Hall–Kier alpha value is 1.17. The van der Waals surface area contributed by atoms with E-state index in [1.54, 1.807) is 5.92 Å². The van der Waals surface area contributed by atoms with Gasteiger partial charge in [-0.1, -0.05) is 22.6 Å². The van der Waals surface area contributed by atoms with E-state index in [-0.39, 0.29) is 17.1 Å². The number of rotatable bonds is 1. The van der Waals surface area contributed by atoms with Crippen LogP contribution in [0.3, 0.4) is 0 Å². The molecule has 2 saturated carbocycles. The van der Waals surface area contributed by atoms with Gasteiger partial charge in [-0.25, -0.2) is 0 Å². The Bertz CT molecular complexity index is 343. The third-order valence-electron chi connectivity index (χ3n) is 5.38. The molecular formula is C19H23FeIN2+2. The van der Waals surface area contributed by atoms with Gasteiger partial charge in [0.25, 0.3) is 0 Å². The maximum atomic E-state index is 2.78. The minimum atomic E-state index is 0. The van der Waals surface area contributed by atoms with E-state index in [0.717, 1.165) is 12.1 Å². The monoisotopic (exact) mass is 462 g/mol. The summed E-state index contributed by atoms with van der Waals surface area (Å²) in [4.78, 5) is 5.56. The minimum Gasteiger partial charge on any atom is -0.283 e. The Morgan fingerprint density at radius 1 is 0.783 bits per heavy atom. The molecule has 3 heterocycles. The summed E-state index contributed by atoms with van der Waals surface area (Å²) in [5.41, 5.74) is 0. The summed E-state index contributed by atoms with van der Waals surface area (Å²) in [6.45, 7) is 2.62. The Morgan fingerprint density at radius 3 is 1.74 bits per heavy atom. The van der Waals surface area contributed by atoms with E-state index in [1.807, 2.05) is 32.1 Å².